The SMILES string of the molecule is NCCCCNC(=O)c1cc(Br)cs1. The van der Waals surface area contributed by atoms with Crippen molar-refractivity contribution in [3.05, 3.63) is 20.8 Å². The minimum Gasteiger partial charge on any atom is -0.351 e. The van der Waals surface area contributed by atoms with E-state index in [0.29, 0.717) is 13.1 Å². The molecule has 14 heavy (non-hydrogen) atoms. The quantitative estimate of drug-likeness (QED) is 0.809. The molecule has 1 rings (SSSR count). The first kappa shape index (κ1) is 11.7. The van der Waals surface area contributed by atoms with Crippen molar-refractivity contribution in [2.24, 2.45) is 5.73 Å². The van der Waals surface area contributed by atoms with E-state index < -0.39 is 0 Å². The van der Waals surface area contributed by atoms with Gasteiger partial charge in [-0.25, -0.2) is 0 Å². The summed E-state index contributed by atoms with van der Waals surface area (Å²) in [5, 5.41) is 4.74. The van der Waals surface area contributed by atoms with Crippen molar-refractivity contribution >= 4 is 33.2 Å². The monoisotopic (exact) mass is 276 g/mol. The number of carbonyl (C=O) groups is 1. The summed E-state index contributed by atoms with van der Waals surface area (Å²) in [5.41, 5.74) is 5.34. The fourth-order valence-electron chi connectivity index (χ4n) is 0.990. The standard InChI is InChI=1S/C9H13BrN2OS/c10-7-5-8(14-6-7)9(13)12-4-2-1-3-11/h5-6H,1-4,11H2,(H,12,13). The lowest BCUT2D eigenvalue weighted by Gasteiger charge is -2.01. The van der Waals surface area contributed by atoms with Crippen LogP contribution in [0.15, 0.2) is 15.9 Å². The van der Waals surface area contributed by atoms with Gasteiger partial charge >= 0.3 is 0 Å². The average Bonchev–Trinajstić information content (AvgIpc) is 2.59. The van der Waals surface area contributed by atoms with Gasteiger partial charge in [0.2, 0.25) is 0 Å². The van der Waals surface area contributed by atoms with Gasteiger partial charge in [-0.15, -0.1) is 11.3 Å². The molecule has 1 aromatic rings. The number of thiophene rings is 1. The first-order chi connectivity index (χ1) is 6.74. The molecule has 3 nitrogen and oxygen atoms in total. The van der Waals surface area contributed by atoms with Crippen molar-refractivity contribution in [1.29, 1.82) is 0 Å². The van der Waals surface area contributed by atoms with E-state index in [1.807, 2.05) is 11.4 Å². The predicted molar refractivity (Wildman–Crippen MR) is 62.6 cm³/mol. The van der Waals surface area contributed by atoms with Crippen LogP contribution in [-0.2, 0) is 0 Å². The summed E-state index contributed by atoms with van der Waals surface area (Å²) >= 11 is 4.75. The molecule has 78 valence electrons. The van der Waals surface area contributed by atoms with E-state index in [4.69, 9.17) is 5.73 Å². The maximum absolute atomic E-state index is 11.5. The van der Waals surface area contributed by atoms with Gasteiger partial charge in [-0.05, 0) is 41.4 Å². The number of rotatable bonds is 5. The Labute approximate surface area is 95.8 Å². The van der Waals surface area contributed by atoms with Gasteiger partial charge < -0.3 is 11.1 Å². The zero-order valence-electron chi connectivity index (χ0n) is 7.75. The van der Waals surface area contributed by atoms with Gasteiger partial charge in [0, 0.05) is 16.4 Å². The highest BCUT2D eigenvalue weighted by Crippen LogP contribution is 2.19. The number of unbranched alkanes of at least 4 members (excludes halogenated alkanes) is 1. The van der Waals surface area contributed by atoms with E-state index in [1.54, 1.807) is 0 Å². The van der Waals surface area contributed by atoms with Gasteiger partial charge in [-0.3, -0.25) is 4.79 Å². The second kappa shape index (κ2) is 6.16. The van der Waals surface area contributed by atoms with Crippen LogP contribution in [0.2, 0.25) is 0 Å². The first-order valence-corrected chi connectivity index (χ1v) is 6.13. The topological polar surface area (TPSA) is 55.1 Å². The van der Waals surface area contributed by atoms with E-state index in [9.17, 15) is 4.79 Å². The number of halogens is 1. The number of hydrogen-bond acceptors (Lipinski definition) is 3. The molecule has 1 amide bonds. The third-order valence-electron chi connectivity index (χ3n) is 1.71. The number of hydrogen-bond donors (Lipinski definition) is 2. The molecule has 5 heteroatoms. The molecule has 0 aliphatic heterocycles. The molecule has 0 aliphatic carbocycles. The van der Waals surface area contributed by atoms with Gasteiger partial charge in [0.05, 0.1) is 4.88 Å². The van der Waals surface area contributed by atoms with Gasteiger partial charge in [0.25, 0.3) is 5.91 Å². The highest BCUT2D eigenvalue weighted by atomic mass is 79.9. The minimum absolute atomic E-state index is 0.00211. The average molecular weight is 277 g/mol. The summed E-state index contributed by atoms with van der Waals surface area (Å²) in [4.78, 5) is 12.2. The maximum atomic E-state index is 11.5. The lowest BCUT2D eigenvalue weighted by atomic mass is 10.3. The second-order valence-corrected chi connectivity index (χ2v) is 4.71. The third-order valence-corrected chi connectivity index (χ3v) is 3.40. The van der Waals surface area contributed by atoms with Crippen molar-refractivity contribution in [2.45, 2.75) is 12.8 Å². The molecule has 1 heterocycles. The summed E-state index contributed by atoms with van der Waals surface area (Å²) in [5.74, 6) is -0.00211. The Balaban J connectivity index is 2.29. The molecule has 0 atom stereocenters. The molecular formula is C9H13BrN2OS. The fraction of sp³-hybridized carbons (Fsp3) is 0.444. The van der Waals surface area contributed by atoms with Crippen LogP contribution in [0.4, 0.5) is 0 Å². The summed E-state index contributed by atoms with van der Waals surface area (Å²) in [6.07, 6.45) is 1.89. The van der Waals surface area contributed by atoms with Crippen LogP contribution in [0.5, 0.6) is 0 Å². The van der Waals surface area contributed by atoms with E-state index in [0.717, 1.165) is 22.2 Å². The van der Waals surface area contributed by atoms with E-state index in [2.05, 4.69) is 21.2 Å². The molecule has 0 fully saturated rings. The number of nitrogens with two attached hydrogens (primary N) is 1. The van der Waals surface area contributed by atoms with E-state index in [1.165, 1.54) is 11.3 Å². The van der Waals surface area contributed by atoms with Crippen LogP contribution in [0.1, 0.15) is 22.5 Å². The second-order valence-electron chi connectivity index (χ2n) is 2.88. The fourth-order valence-corrected chi connectivity index (χ4v) is 2.33. The van der Waals surface area contributed by atoms with Crippen LogP contribution in [0.25, 0.3) is 0 Å². The Kier molecular flexibility index (Phi) is 5.14. The number of nitrogens with one attached hydrogen (secondary N) is 1. The maximum Gasteiger partial charge on any atom is 0.261 e. The first-order valence-electron chi connectivity index (χ1n) is 4.46. The van der Waals surface area contributed by atoms with Gasteiger partial charge in [-0.1, -0.05) is 0 Å². The smallest absolute Gasteiger partial charge is 0.261 e. The van der Waals surface area contributed by atoms with Gasteiger partial charge in [-0.2, -0.15) is 0 Å². The molecule has 0 saturated carbocycles. The Bertz CT molecular complexity index is 301. The Hall–Kier alpha value is -0.390. The summed E-state index contributed by atoms with van der Waals surface area (Å²) in [6, 6.07) is 1.82. The van der Waals surface area contributed by atoms with Gasteiger partial charge in [0.15, 0.2) is 0 Å². The molecule has 0 spiro atoms. The van der Waals surface area contributed by atoms with E-state index in [-0.39, 0.29) is 5.91 Å². The van der Waals surface area contributed by atoms with Crippen LogP contribution in [-0.4, -0.2) is 19.0 Å². The molecular weight excluding hydrogens is 264 g/mol. The molecule has 0 radical (unpaired) electrons. The summed E-state index contributed by atoms with van der Waals surface area (Å²) in [7, 11) is 0. The Morgan fingerprint density at radius 2 is 2.36 bits per heavy atom. The van der Waals surface area contributed by atoms with Crippen molar-refractivity contribution < 1.29 is 4.79 Å². The molecule has 0 unspecified atom stereocenters. The van der Waals surface area contributed by atoms with Crippen molar-refractivity contribution in [3.63, 3.8) is 0 Å². The minimum atomic E-state index is -0.00211. The molecule has 3 N–H and O–H groups in total. The van der Waals surface area contributed by atoms with Gasteiger partial charge in [0.1, 0.15) is 0 Å². The lowest BCUT2D eigenvalue weighted by Crippen LogP contribution is -2.23. The lowest BCUT2D eigenvalue weighted by molar-refractivity contribution is 0.0957. The third kappa shape index (κ3) is 3.77. The largest absolute Gasteiger partial charge is 0.351 e. The predicted octanol–water partition coefficient (Wildman–Crippen LogP) is 1.98. The molecule has 1 aromatic heterocycles. The molecule has 0 aliphatic rings. The van der Waals surface area contributed by atoms with Crippen molar-refractivity contribution in [2.75, 3.05) is 13.1 Å². The highest BCUT2D eigenvalue weighted by Gasteiger charge is 2.06. The van der Waals surface area contributed by atoms with Crippen LogP contribution in [0, 0.1) is 0 Å². The van der Waals surface area contributed by atoms with Crippen LogP contribution in [0.3, 0.4) is 0 Å². The normalized spacial score (nSPS) is 10.1. The van der Waals surface area contributed by atoms with E-state index >= 15 is 0 Å². The zero-order valence-corrected chi connectivity index (χ0v) is 10.2. The summed E-state index contributed by atoms with van der Waals surface area (Å²) < 4.78 is 0.953. The van der Waals surface area contributed by atoms with Crippen LogP contribution < -0.4 is 11.1 Å². The zero-order chi connectivity index (χ0) is 10.4. The Morgan fingerprint density at radius 1 is 1.57 bits per heavy atom. The number of carbonyl (C=O) groups excluding carboxylic acids is 1. The van der Waals surface area contributed by atoms with Crippen molar-refractivity contribution in [3.8, 4) is 0 Å². The molecule has 0 aromatic carbocycles. The molecule has 0 saturated heterocycles. The highest BCUT2D eigenvalue weighted by molar-refractivity contribution is 9.10. The number of amides is 1. The molecule has 0 bridgehead atoms. The Morgan fingerprint density at radius 3 is 2.93 bits per heavy atom. The van der Waals surface area contributed by atoms with Crippen LogP contribution >= 0.6 is 27.3 Å². The van der Waals surface area contributed by atoms with Crippen molar-refractivity contribution in [1.82, 2.24) is 5.32 Å². The summed E-state index contributed by atoms with van der Waals surface area (Å²) in [6.45, 7) is 1.38.